The molecule has 6 nitrogen and oxygen atoms in total. The van der Waals surface area contributed by atoms with Gasteiger partial charge in [0.15, 0.2) is 0 Å². The number of carbonyl (C=O) groups excluding carboxylic acids is 1. The summed E-state index contributed by atoms with van der Waals surface area (Å²) in [4.78, 5) is 13.5. The predicted molar refractivity (Wildman–Crippen MR) is 108 cm³/mol. The Morgan fingerprint density at radius 3 is 2.68 bits per heavy atom. The maximum Gasteiger partial charge on any atom is 0.416 e. The lowest BCUT2D eigenvalue weighted by atomic mass is 9.89. The topological polar surface area (TPSA) is 72.7 Å². The van der Waals surface area contributed by atoms with Crippen molar-refractivity contribution in [2.24, 2.45) is 0 Å². The highest BCUT2D eigenvalue weighted by Crippen LogP contribution is 2.31. The summed E-state index contributed by atoms with van der Waals surface area (Å²) in [6.07, 6.45) is 0.0989. The van der Waals surface area contributed by atoms with Gasteiger partial charge in [0.05, 0.1) is 11.6 Å². The fraction of sp³-hybridized carbons (Fsp3) is 0.364. The molecule has 162 valence electrons. The molecule has 31 heavy (non-hydrogen) atoms. The second-order valence-electron chi connectivity index (χ2n) is 7.75. The molecule has 3 aromatic rings. The Balaban J connectivity index is 1.40. The van der Waals surface area contributed by atoms with Crippen LogP contribution in [-0.4, -0.2) is 26.1 Å². The minimum Gasteiger partial charge on any atom is -0.348 e. The van der Waals surface area contributed by atoms with Gasteiger partial charge in [0.2, 0.25) is 11.7 Å². The third kappa shape index (κ3) is 4.92. The standard InChI is InChI=1S/C22H22F3N5O/c1-14(16-10-9-15-5-2-3-6-17(15)11-16)26-20(31)13-30-28-21(27-29-30)18-7-4-8-19(12-18)22(23,24)25/h4,7-12,14H,2-3,5-6,13H2,1H3,(H,26,31). The second kappa shape index (κ2) is 8.49. The second-order valence-corrected chi connectivity index (χ2v) is 7.75. The Morgan fingerprint density at radius 1 is 1.13 bits per heavy atom. The number of tetrazole rings is 1. The van der Waals surface area contributed by atoms with Crippen LogP contribution in [0.2, 0.25) is 0 Å². The predicted octanol–water partition coefficient (Wildman–Crippen LogP) is 4.12. The molecule has 0 saturated heterocycles. The number of alkyl halides is 3. The van der Waals surface area contributed by atoms with Gasteiger partial charge in [-0.15, -0.1) is 10.2 Å². The number of nitrogens with one attached hydrogen (secondary N) is 1. The number of nitrogens with zero attached hydrogens (tertiary/aromatic N) is 4. The first-order chi connectivity index (χ1) is 14.8. The maximum atomic E-state index is 12.9. The molecule has 1 aromatic heterocycles. The largest absolute Gasteiger partial charge is 0.416 e. The Bertz CT molecular complexity index is 1090. The molecule has 1 N–H and O–H groups in total. The molecule has 2 aromatic carbocycles. The lowest BCUT2D eigenvalue weighted by Crippen LogP contribution is -2.31. The zero-order chi connectivity index (χ0) is 22.0. The highest BCUT2D eigenvalue weighted by molar-refractivity contribution is 5.76. The number of fused-ring (bicyclic) bond motifs is 1. The summed E-state index contributed by atoms with van der Waals surface area (Å²) in [5, 5.41) is 14.5. The van der Waals surface area contributed by atoms with E-state index in [1.54, 1.807) is 0 Å². The van der Waals surface area contributed by atoms with E-state index in [2.05, 4.69) is 32.9 Å². The van der Waals surface area contributed by atoms with Crippen molar-refractivity contribution >= 4 is 5.91 Å². The van der Waals surface area contributed by atoms with Gasteiger partial charge in [-0.1, -0.05) is 30.3 Å². The van der Waals surface area contributed by atoms with Gasteiger partial charge in [-0.3, -0.25) is 4.79 Å². The van der Waals surface area contributed by atoms with Crippen LogP contribution in [0.4, 0.5) is 13.2 Å². The zero-order valence-electron chi connectivity index (χ0n) is 17.0. The lowest BCUT2D eigenvalue weighted by Gasteiger charge is -2.20. The Kier molecular flexibility index (Phi) is 5.75. The fourth-order valence-corrected chi connectivity index (χ4v) is 3.78. The highest BCUT2D eigenvalue weighted by atomic mass is 19.4. The first-order valence-corrected chi connectivity index (χ1v) is 10.2. The molecular weight excluding hydrogens is 407 g/mol. The zero-order valence-corrected chi connectivity index (χ0v) is 17.0. The van der Waals surface area contributed by atoms with Crippen molar-refractivity contribution in [2.75, 3.05) is 0 Å². The van der Waals surface area contributed by atoms with E-state index in [1.807, 2.05) is 13.0 Å². The van der Waals surface area contributed by atoms with Crippen molar-refractivity contribution in [3.63, 3.8) is 0 Å². The van der Waals surface area contributed by atoms with Crippen LogP contribution in [0, 0.1) is 0 Å². The number of benzene rings is 2. The normalized spacial score (nSPS) is 14.7. The Labute approximate surface area is 177 Å². The van der Waals surface area contributed by atoms with Crippen LogP contribution in [0.1, 0.15) is 48.1 Å². The molecule has 0 radical (unpaired) electrons. The Hall–Kier alpha value is -3.23. The van der Waals surface area contributed by atoms with Crippen molar-refractivity contribution in [1.29, 1.82) is 0 Å². The summed E-state index contributed by atoms with van der Waals surface area (Å²) in [6.45, 7) is 1.73. The van der Waals surface area contributed by atoms with E-state index in [1.165, 1.54) is 36.1 Å². The van der Waals surface area contributed by atoms with Gasteiger partial charge in [0, 0.05) is 5.56 Å². The minimum absolute atomic E-state index is 0.0293. The van der Waals surface area contributed by atoms with Crippen molar-refractivity contribution in [1.82, 2.24) is 25.5 Å². The molecule has 0 saturated carbocycles. The SMILES string of the molecule is CC(NC(=O)Cn1nnc(-c2cccc(C(F)(F)F)c2)n1)c1ccc2c(c1)CCCC2. The Morgan fingerprint density at radius 2 is 1.90 bits per heavy atom. The van der Waals surface area contributed by atoms with Crippen LogP contribution in [0.15, 0.2) is 42.5 Å². The van der Waals surface area contributed by atoms with E-state index in [4.69, 9.17) is 0 Å². The van der Waals surface area contributed by atoms with Gasteiger partial charge in [0.1, 0.15) is 6.54 Å². The third-order valence-corrected chi connectivity index (χ3v) is 5.44. The van der Waals surface area contributed by atoms with Gasteiger partial charge in [0.25, 0.3) is 0 Å². The van der Waals surface area contributed by atoms with Crippen LogP contribution in [0.3, 0.4) is 0 Å². The number of aryl methyl sites for hydroxylation is 2. The van der Waals surface area contributed by atoms with E-state index in [0.29, 0.717) is 0 Å². The van der Waals surface area contributed by atoms with Gasteiger partial charge >= 0.3 is 6.18 Å². The summed E-state index contributed by atoms with van der Waals surface area (Å²) < 4.78 is 38.7. The quantitative estimate of drug-likeness (QED) is 0.662. The van der Waals surface area contributed by atoms with E-state index < -0.39 is 11.7 Å². The molecular formula is C22H22F3N5O. The van der Waals surface area contributed by atoms with E-state index >= 15 is 0 Å². The molecule has 4 rings (SSSR count). The molecule has 1 aliphatic rings. The molecule has 1 unspecified atom stereocenters. The van der Waals surface area contributed by atoms with E-state index in [0.717, 1.165) is 35.3 Å². The number of hydrogen-bond acceptors (Lipinski definition) is 4. The molecule has 0 bridgehead atoms. The van der Waals surface area contributed by atoms with Crippen LogP contribution >= 0.6 is 0 Å². The van der Waals surface area contributed by atoms with Crippen molar-refractivity contribution in [2.45, 2.75) is 51.4 Å². The molecule has 1 heterocycles. The van der Waals surface area contributed by atoms with Gasteiger partial charge in [-0.05, 0) is 66.6 Å². The monoisotopic (exact) mass is 429 g/mol. The minimum atomic E-state index is -4.46. The van der Waals surface area contributed by atoms with Crippen molar-refractivity contribution in [3.8, 4) is 11.4 Å². The lowest BCUT2D eigenvalue weighted by molar-refractivity contribution is -0.137. The average molecular weight is 429 g/mol. The molecule has 1 atom stereocenters. The molecule has 1 aliphatic carbocycles. The third-order valence-electron chi connectivity index (χ3n) is 5.44. The fourth-order valence-electron chi connectivity index (χ4n) is 3.78. The molecule has 0 spiro atoms. The van der Waals surface area contributed by atoms with Crippen molar-refractivity contribution < 1.29 is 18.0 Å². The number of carbonyl (C=O) groups is 1. The average Bonchev–Trinajstić information content (AvgIpc) is 3.21. The first-order valence-electron chi connectivity index (χ1n) is 10.2. The van der Waals surface area contributed by atoms with Crippen molar-refractivity contribution in [3.05, 3.63) is 64.7 Å². The van der Waals surface area contributed by atoms with Gasteiger partial charge in [-0.25, -0.2) is 0 Å². The number of halogens is 3. The smallest absolute Gasteiger partial charge is 0.348 e. The number of hydrogen-bond donors (Lipinski definition) is 1. The molecule has 9 heteroatoms. The number of aromatic nitrogens is 4. The van der Waals surface area contributed by atoms with Crippen LogP contribution < -0.4 is 5.32 Å². The maximum absolute atomic E-state index is 12.9. The number of amides is 1. The molecule has 1 amide bonds. The van der Waals surface area contributed by atoms with Crippen LogP contribution in [0.5, 0.6) is 0 Å². The van der Waals surface area contributed by atoms with E-state index in [9.17, 15) is 18.0 Å². The summed E-state index contributed by atoms with van der Waals surface area (Å²) in [7, 11) is 0. The summed E-state index contributed by atoms with van der Waals surface area (Å²) >= 11 is 0. The van der Waals surface area contributed by atoms with Crippen LogP contribution in [-0.2, 0) is 30.4 Å². The van der Waals surface area contributed by atoms with Gasteiger partial charge < -0.3 is 5.32 Å². The first kappa shape index (κ1) is 21.0. The summed E-state index contributed by atoms with van der Waals surface area (Å²) in [5.74, 6) is -0.278. The molecule has 0 aliphatic heterocycles. The molecule has 0 fully saturated rings. The highest BCUT2D eigenvalue weighted by Gasteiger charge is 2.30. The summed E-state index contributed by atoms with van der Waals surface area (Å²) in [6, 6.07) is 10.8. The van der Waals surface area contributed by atoms with E-state index in [-0.39, 0.29) is 29.9 Å². The summed E-state index contributed by atoms with van der Waals surface area (Å²) in [5.41, 5.74) is 3.14. The number of rotatable bonds is 5. The van der Waals surface area contributed by atoms with Gasteiger partial charge in [-0.2, -0.15) is 18.0 Å². The van der Waals surface area contributed by atoms with Crippen LogP contribution in [0.25, 0.3) is 11.4 Å².